The van der Waals surface area contributed by atoms with Gasteiger partial charge in [-0.15, -0.1) is 11.3 Å². The van der Waals surface area contributed by atoms with E-state index in [4.69, 9.17) is 19.2 Å². The van der Waals surface area contributed by atoms with E-state index in [1.165, 1.54) is 10.2 Å². The van der Waals surface area contributed by atoms with Crippen molar-refractivity contribution in [2.45, 2.75) is 65.2 Å². The number of rotatable bonds is 8. The second kappa shape index (κ2) is 11.3. The van der Waals surface area contributed by atoms with E-state index in [2.05, 4.69) is 46.8 Å². The zero-order chi connectivity index (χ0) is 27.6. The molecule has 1 amide bonds. The van der Waals surface area contributed by atoms with Crippen molar-refractivity contribution in [1.29, 1.82) is 0 Å². The van der Waals surface area contributed by atoms with Crippen molar-refractivity contribution in [3.8, 4) is 23.0 Å². The molecular formula is C30H38N4O4S. The Morgan fingerprint density at radius 3 is 2.62 bits per heavy atom. The molecule has 0 saturated carbocycles. The first-order valence-electron chi connectivity index (χ1n) is 13.7. The van der Waals surface area contributed by atoms with Crippen molar-refractivity contribution in [3.63, 3.8) is 0 Å². The highest BCUT2D eigenvalue weighted by Crippen LogP contribution is 2.30. The van der Waals surface area contributed by atoms with Gasteiger partial charge in [-0.05, 0) is 56.8 Å². The van der Waals surface area contributed by atoms with Gasteiger partial charge in [-0.25, -0.2) is 9.78 Å². The molecule has 5 rings (SSSR count). The molecular weight excluding hydrogens is 512 g/mol. The average Bonchev–Trinajstić information content (AvgIpc) is 3.60. The molecule has 3 aromatic heterocycles. The number of nitrogens with zero attached hydrogens (tertiary/aromatic N) is 4. The minimum Gasteiger partial charge on any atom is -0.492 e. The van der Waals surface area contributed by atoms with Crippen LogP contribution in [0.2, 0.25) is 0 Å². The van der Waals surface area contributed by atoms with Crippen molar-refractivity contribution in [1.82, 2.24) is 19.0 Å². The molecule has 4 heterocycles. The van der Waals surface area contributed by atoms with E-state index in [-0.39, 0.29) is 12.2 Å². The molecule has 8 nitrogen and oxygen atoms in total. The van der Waals surface area contributed by atoms with Gasteiger partial charge in [-0.3, -0.25) is 0 Å². The molecule has 208 valence electrons. The summed E-state index contributed by atoms with van der Waals surface area (Å²) in [6.45, 7) is 10.2. The van der Waals surface area contributed by atoms with Crippen LogP contribution >= 0.6 is 11.3 Å². The first-order valence-corrected chi connectivity index (χ1v) is 14.5. The molecule has 0 N–H and O–H groups in total. The second-order valence-electron chi connectivity index (χ2n) is 11.0. The van der Waals surface area contributed by atoms with Crippen LogP contribution in [0, 0.1) is 0 Å². The maximum absolute atomic E-state index is 12.3. The molecule has 1 saturated heterocycles. The van der Waals surface area contributed by atoms with Gasteiger partial charge in [0, 0.05) is 45.2 Å². The highest BCUT2D eigenvalue weighted by molar-refractivity contribution is 7.17. The molecule has 1 fully saturated rings. The van der Waals surface area contributed by atoms with Gasteiger partial charge in [0.25, 0.3) is 0 Å². The largest absolute Gasteiger partial charge is 0.492 e. The third-order valence-electron chi connectivity index (χ3n) is 6.88. The van der Waals surface area contributed by atoms with Gasteiger partial charge in [-0.2, -0.15) is 0 Å². The molecule has 1 aliphatic heterocycles. The van der Waals surface area contributed by atoms with Crippen molar-refractivity contribution >= 4 is 27.6 Å². The maximum atomic E-state index is 12.3. The lowest BCUT2D eigenvalue weighted by molar-refractivity contribution is 0.0126. The third-order valence-corrected chi connectivity index (χ3v) is 7.74. The number of carbonyl (C=O) groups is 1. The molecule has 9 heteroatoms. The minimum atomic E-state index is -0.485. The summed E-state index contributed by atoms with van der Waals surface area (Å²) < 4.78 is 23.5. The third kappa shape index (κ3) is 6.41. The predicted molar refractivity (Wildman–Crippen MR) is 155 cm³/mol. The lowest BCUT2D eigenvalue weighted by Gasteiger charge is -2.33. The summed E-state index contributed by atoms with van der Waals surface area (Å²) in [6, 6.07) is 12.2. The fraction of sp³-hybridized carbons (Fsp3) is 0.467. The smallest absolute Gasteiger partial charge is 0.410 e. The Bertz CT molecular complexity index is 1420. The van der Waals surface area contributed by atoms with Gasteiger partial charge in [0.15, 0.2) is 5.82 Å². The Hall–Kier alpha value is -3.46. The lowest BCUT2D eigenvalue weighted by Crippen LogP contribution is -2.44. The minimum absolute atomic E-state index is 0.0554. The molecule has 0 atom stereocenters. The molecule has 1 aliphatic rings. The van der Waals surface area contributed by atoms with E-state index < -0.39 is 5.60 Å². The van der Waals surface area contributed by atoms with Crippen LogP contribution in [0.4, 0.5) is 4.79 Å². The van der Waals surface area contributed by atoms with Crippen molar-refractivity contribution in [2.75, 3.05) is 19.7 Å². The van der Waals surface area contributed by atoms with Crippen LogP contribution < -0.4 is 9.47 Å². The zero-order valence-electron chi connectivity index (χ0n) is 23.5. The van der Waals surface area contributed by atoms with Gasteiger partial charge >= 0.3 is 6.09 Å². The molecule has 0 aliphatic carbocycles. The van der Waals surface area contributed by atoms with E-state index in [1.54, 1.807) is 16.2 Å². The van der Waals surface area contributed by atoms with E-state index in [1.807, 2.05) is 45.0 Å². The summed E-state index contributed by atoms with van der Waals surface area (Å²) in [5, 5.41) is 2.12. The topological polar surface area (TPSA) is 70.8 Å². The number of fused-ring (bicyclic) bond motifs is 1. The van der Waals surface area contributed by atoms with Gasteiger partial charge in [-0.1, -0.05) is 13.0 Å². The second-order valence-corrected chi connectivity index (χ2v) is 11.9. The molecule has 39 heavy (non-hydrogen) atoms. The van der Waals surface area contributed by atoms with Crippen LogP contribution in [0.1, 0.15) is 46.2 Å². The van der Waals surface area contributed by atoms with Gasteiger partial charge in [0.05, 0.1) is 28.1 Å². The Kier molecular flexibility index (Phi) is 7.88. The first-order chi connectivity index (χ1) is 18.7. The summed E-state index contributed by atoms with van der Waals surface area (Å²) in [7, 11) is 2.10. The van der Waals surface area contributed by atoms with Crippen molar-refractivity contribution < 1.29 is 19.0 Å². The SMILES string of the molecule is CCc1cn(CCOc2cccc(OC3CCN(C(=O)OC(C)(C)C)CC3)c2)c(-c2cc3sccc3n2C)n1. The molecule has 1 aromatic carbocycles. The fourth-order valence-corrected chi connectivity index (χ4v) is 5.70. The van der Waals surface area contributed by atoms with Crippen molar-refractivity contribution in [3.05, 3.63) is 53.7 Å². The number of imidazole rings is 1. The Labute approximate surface area is 234 Å². The summed E-state index contributed by atoms with van der Waals surface area (Å²) in [4.78, 5) is 19.0. The number of amides is 1. The number of carbonyl (C=O) groups excluding carboxylic acids is 1. The average molecular weight is 551 g/mol. The van der Waals surface area contributed by atoms with Crippen LogP contribution in [0.3, 0.4) is 0 Å². The van der Waals surface area contributed by atoms with E-state index >= 15 is 0 Å². The standard InChI is InChI=1S/C30H38N4O4S/c1-6-21-20-34(28(31-21)26-19-27-25(32(26)5)12-17-39-27)15-16-36-23-8-7-9-24(18-23)37-22-10-13-33(14-11-22)29(35)38-30(2,3)4/h7-9,12,17-20,22H,6,10-11,13-16H2,1-5H3. The Morgan fingerprint density at radius 1 is 1.13 bits per heavy atom. The number of ether oxygens (including phenoxy) is 3. The van der Waals surface area contributed by atoms with E-state index in [9.17, 15) is 4.79 Å². The number of hydrogen-bond acceptors (Lipinski definition) is 6. The molecule has 4 aromatic rings. The lowest BCUT2D eigenvalue weighted by atomic mass is 10.1. The number of benzene rings is 1. The number of aromatic nitrogens is 3. The maximum Gasteiger partial charge on any atom is 0.410 e. The van der Waals surface area contributed by atoms with Gasteiger partial charge < -0.3 is 28.2 Å². The zero-order valence-corrected chi connectivity index (χ0v) is 24.3. The number of thiophene rings is 1. The number of aryl methyl sites for hydroxylation is 2. The Morgan fingerprint density at radius 2 is 1.90 bits per heavy atom. The summed E-state index contributed by atoms with van der Waals surface area (Å²) in [5.41, 5.74) is 2.93. The monoisotopic (exact) mass is 550 g/mol. The summed E-state index contributed by atoms with van der Waals surface area (Å²) >= 11 is 1.75. The van der Waals surface area contributed by atoms with E-state index in [0.717, 1.165) is 48.0 Å². The summed E-state index contributed by atoms with van der Waals surface area (Å²) in [6.07, 6.45) is 4.35. The predicted octanol–water partition coefficient (Wildman–Crippen LogP) is 6.52. The number of hydrogen-bond donors (Lipinski definition) is 0. The van der Waals surface area contributed by atoms with Crippen molar-refractivity contribution in [2.24, 2.45) is 7.05 Å². The van der Waals surface area contributed by atoms with Gasteiger partial charge in [0.1, 0.15) is 29.8 Å². The summed E-state index contributed by atoms with van der Waals surface area (Å²) in [5.74, 6) is 2.52. The highest BCUT2D eigenvalue weighted by atomic mass is 32.1. The first kappa shape index (κ1) is 27.1. The van der Waals surface area contributed by atoms with Gasteiger partial charge in [0.2, 0.25) is 0 Å². The van der Waals surface area contributed by atoms with Crippen LogP contribution in [0.15, 0.2) is 48.0 Å². The number of piperidine rings is 1. The highest BCUT2D eigenvalue weighted by Gasteiger charge is 2.27. The Balaban J connectivity index is 1.17. The van der Waals surface area contributed by atoms with Crippen LogP contribution in [-0.4, -0.2) is 56.5 Å². The normalized spacial score (nSPS) is 14.6. The molecule has 0 spiro atoms. The molecule has 0 unspecified atom stereocenters. The molecule has 0 bridgehead atoms. The van der Waals surface area contributed by atoms with E-state index in [0.29, 0.717) is 26.2 Å². The quantitative estimate of drug-likeness (QED) is 0.250. The van der Waals surface area contributed by atoms with Crippen LogP contribution in [0.5, 0.6) is 11.5 Å². The molecule has 0 radical (unpaired) electrons. The van der Waals surface area contributed by atoms with Crippen LogP contribution in [0.25, 0.3) is 21.7 Å². The number of likely N-dealkylation sites (tertiary alicyclic amines) is 1. The van der Waals surface area contributed by atoms with Crippen LogP contribution in [-0.2, 0) is 24.8 Å². The fourth-order valence-electron chi connectivity index (χ4n) is 4.85.